The van der Waals surface area contributed by atoms with Crippen molar-refractivity contribution in [2.45, 2.75) is 33.2 Å². The number of carbonyl (C=O) groups is 1. The lowest BCUT2D eigenvalue weighted by atomic mass is 9.99. The molecular formula is C20H28IN3O3. The minimum absolute atomic E-state index is 0. The van der Waals surface area contributed by atoms with Gasteiger partial charge in [-0.1, -0.05) is 36.8 Å². The molecule has 0 aliphatic rings. The first-order chi connectivity index (χ1) is 12.4. The van der Waals surface area contributed by atoms with Crippen LogP contribution in [0.3, 0.4) is 0 Å². The molecule has 7 heteroatoms. The number of guanidine groups is 1. The van der Waals surface area contributed by atoms with E-state index in [2.05, 4.69) is 53.7 Å². The summed E-state index contributed by atoms with van der Waals surface area (Å²) in [6, 6.07) is 10.2. The van der Waals surface area contributed by atoms with Gasteiger partial charge in [0.1, 0.15) is 17.1 Å². The zero-order chi connectivity index (χ0) is 19.1. The smallest absolute Gasteiger partial charge is 0.341 e. The molecule has 0 aliphatic carbocycles. The number of esters is 1. The van der Waals surface area contributed by atoms with E-state index < -0.39 is 5.97 Å². The van der Waals surface area contributed by atoms with Gasteiger partial charge in [-0.15, -0.1) is 24.0 Å². The van der Waals surface area contributed by atoms with Gasteiger partial charge in [-0.25, -0.2) is 4.79 Å². The number of furan rings is 1. The number of nitrogens with zero attached hydrogens (tertiary/aromatic N) is 1. The van der Waals surface area contributed by atoms with Gasteiger partial charge < -0.3 is 19.8 Å². The van der Waals surface area contributed by atoms with Crippen LogP contribution in [0.2, 0.25) is 0 Å². The fourth-order valence-corrected chi connectivity index (χ4v) is 2.68. The van der Waals surface area contributed by atoms with Gasteiger partial charge >= 0.3 is 5.97 Å². The average molecular weight is 485 g/mol. The van der Waals surface area contributed by atoms with Crippen LogP contribution in [0.5, 0.6) is 0 Å². The Hall–Kier alpha value is -2.03. The van der Waals surface area contributed by atoms with E-state index in [9.17, 15) is 4.79 Å². The maximum absolute atomic E-state index is 11.6. The highest BCUT2D eigenvalue weighted by Crippen LogP contribution is 2.16. The maximum Gasteiger partial charge on any atom is 0.341 e. The second kappa shape index (κ2) is 11.0. The Morgan fingerprint density at radius 2 is 2.00 bits per heavy atom. The van der Waals surface area contributed by atoms with Crippen LogP contribution in [-0.4, -0.2) is 32.6 Å². The monoisotopic (exact) mass is 485 g/mol. The molecule has 1 heterocycles. The van der Waals surface area contributed by atoms with Gasteiger partial charge in [0.2, 0.25) is 0 Å². The summed E-state index contributed by atoms with van der Waals surface area (Å²) in [5.41, 5.74) is 2.99. The largest absolute Gasteiger partial charge is 0.465 e. The van der Waals surface area contributed by atoms with Crippen molar-refractivity contribution in [3.05, 3.63) is 58.5 Å². The fourth-order valence-electron chi connectivity index (χ4n) is 2.68. The SMILES string of the molecule is CN=C(NCc1cc(C(=O)OC)c(C)o1)NCC(C)c1cccc(C)c1.I. The second-order valence-corrected chi connectivity index (χ2v) is 6.30. The molecule has 2 N–H and O–H groups in total. The molecule has 0 amide bonds. The molecule has 148 valence electrons. The van der Waals surface area contributed by atoms with E-state index in [1.165, 1.54) is 18.2 Å². The van der Waals surface area contributed by atoms with Gasteiger partial charge in [0.25, 0.3) is 0 Å². The van der Waals surface area contributed by atoms with E-state index >= 15 is 0 Å². The number of hydrogen-bond donors (Lipinski definition) is 2. The molecule has 0 radical (unpaired) electrons. The first-order valence-corrected chi connectivity index (χ1v) is 8.63. The zero-order valence-electron chi connectivity index (χ0n) is 16.5. The molecule has 6 nitrogen and oxygen atoms in total. The zero-order valence-corrected chi connectivity index (χ0v) is 18.8. The van der Waals surface area contributed by atoms with Crippen molar-refractivity contribution < 1.29 is 13.9 Å². The summed E-state index contributed by atoms with van der Waals surface area (Å²) in [6.07, 6.45) is 0. The molecule has 0 bridgehead atoms. The van der Waals surface area contributed by atoms with Crippen molar-refractivity contribution in [2.75, 3.05) is 20.7 Å². The molecular weight excluding hydrogens is 457 g/mol. The van der Waals surface area contributed by atoms with E-state index in [-0.39, 0.29) is 24.0 Å². The van der Waals surface area contributed by atoms with Crippen LogP contribution in [0.25, 0.3) is 0 Å². The van der Waals surface area contributed by atoms with Crippen molar-refractivity contribution in [3.63, 3.8) is 0 Å². The van der Waals surface area contributed by atoms with Crippen LogP contribution in [0.15, 0.2) is 39.7 Å². The minimum atomic E-state index is -0.396. The summed E-state index contributed by atoms with van der Waals surface area (Å²) >= 11 is 0. The van der Waals surface area contributed by atoms with Gasteiger partial charge in [0, 0.05) is 13.6 Å². The second-order valence-electron chi connectivity index (χ2n) is 6.30. The lowest BCUT2D eigenvalue weighted by Crippen LogP contribution is -2.38. The lowest BCUT2D eigenvalue weighted by molar-refractivity contribution is 0.0599. The molecule has 0 saturated carbocycles. The highest BCUT2D eigenvalue weighted by atomic mass is 127. The third-order valence-corrected chi connectivity index (χ3v) is 4.21. The molecule has 1 unspecified atom stereocenters. The maximum atomic E-state index is 11.6. The van der Waals surface area contributed by atoms with E-state index in [0.29, 0.717) is 35.5 Å². The number of rotatable bonds is 6. The van der Waals surface area contributed by atoms with Crippen molar-refractivity contribution in [1.29, 1.82) is 0 Å². The number of aryl methyl sites for hydroxylation is 2. The summed E-state index contributed by atoms with van der Waals surface area (Å²) in [6.45, 7) is 7.20. The lowest BCUT2D eigenvalue weighted by Gasteiger charge is -2.16. The highest BCUT2D eigenvalue weighted by Gasteiger charge is 2.15. The standard InChI is InChI=1S/C20H27N3O3.HI/c1-13-7-6-8-16(9-13)14(2)11-22-20(21-4)23-12-17-10-18(15(3)26-17)19(24)25-5;/h6-10,14H,11-12H2,1-5H3,(H2,21,22,23);1H. The third kappa shape index (κ3) is 6.57. The molecule has 1 aromatic carbocycles. The van der Waals surface area contributed by atoms with Gasteiger partial charge in [-0.2, -0.15) is 0 Å². The number of aliphatic imine (C=N–C) groups is 1. The minimum Gasteiger partial charge on any atom is -0.465 e. The Bertz CT molecular complexity index is 787. The van der Waals surface area contributed by atoms with Gasteiger partial charge in [-0.3, -0.25) is 4.99 Å². The van der Waals surface area contributed by atoms with Crippen molar-refractivity contribution in [3.8, 4) is 0 Å². The Morgan fingerprint density at radius 3 is 2.63 bits per heavy atom. The van der Waals surface area contributed by atoms with Crippen LogP contribution in [0.1, 0.15) is 45.8 Å². The quantitative estimate of drug-likeness (QED) is 0.282. The fraction of sp³-hybridized carbons (Fsp3) is 0.400. The summed E-state index contributed by atoms with van der Waals surface area (Å²) < 4.78 is 10.3. The van der Waals surface area contributed by atoms with E-state index in [1.807, 2.05) is 0 Å². The van der Waals surface area contributed by atoms with Gasteiger partial charge in [0.15, 0.2) is 5.96 Å². The van der Waals surface area contributed by atoms with Gasteiger partial charge in [0.05, 0.1) is 13.7 Å². The Kier molecular flexibility index (Phi) is 9.34. The number of methoxy groups -OCH3 is 1. The molecule has 2 rings (SSSR count). The number of carbonyl (C=O) groups excluding carboxylic acids is 1. The Morgan fingerprint density at radius 1 is 1.26 bits per heavy atom. The summed E-state index contributed by atoms with van der Waals surface area (Å²) in [7, 11) is 3.08. The Balaban J connectivity index is 0.00000364. The van der Waals surface area contributed by atoms with Crippen LogP contribution < -0.4 is 10.6 Å². The topological polar surface area (TPSA) is 75.9 Å². The van der Waals surface area contributed by atoms with Crippen LogP contribution in [0, 0.1) is 13.8 Å². The Labute approximate surface area is 177 Å². The number of benzene rings is 1. The summed E-state index contributed by atoms with van der Waals surface area (Å²) in [5.74, 6) is 1.83. The number of hydrogen-bond acceptors (Lipinski definition) is 4. The molecule has 1 aromatic heterocycles. The van der Waals surface area contributed by atoms with Crippen LogP contribution >= 0.6 is 24.0 Å². The third-order valence-electron chi connectivity index (χ3n) is 4.21. The van der Waals surface area contributed by atoms with E-state index in [4.69, 9.17) is 9.15 Å². The highest BCUT2D eigenvalue weighted by molar-refractivity contribution is 14.0. The number of halogens is 1. The van der Waals surface area contributed by atoms with Crippen LogP contribution in [0.4, 0.5) is 0 Å². The summed E-state index contributed by atoms with van der Waals surface area (Å²) in [4.78, 5) is 15.9. The van der Waals surface area contributed by atoms with Crippen molar-refractivity contribution in [1.82, 2.24) is 10.6 Å². The summed E-state index contributed by atoms with van der Waals surface area (Å²) in [5, 5.41) is 6.51. The molecule has 0 fully saturated rings. The van der Waals surface area contributed by atoms with E-state index in [1.54, 1.807) is 20.0 Å². The average Bonchev–Trinajstić information content (AvgIpc) is 3.01. The molecule has 0 saturated heterocycles. The first kappa shape index (κ1) is 23.0. The van der Waals surface area contributed by atoms with Gasteiger partial charge in [-0.05, 0) is 31.4 Å². The molecule has 0 aliphatic heterocycles. The predicted octanol–water partition coefficient (Wildman–Crippen LogP) is 3.77. The molecule has 2 aromatic rings. The van der Waals surface area contributed by atoms with E-state index in [0.717, 1.165) is 6.54 Å². The van der Waals surface area contributed by atoms with Crippen molar-refractivity contribution in [2.24, 2.45) is 4.99 Å². The van der Waals surface area contributed by atoms with Crippen LogP contribution in [-0.2, 0) is 11.3 Å². The normalized spacial score (nSPS) is 12.1. The molecule has 27 heavy (non-hydrogen) atoms. The molecule has 0 spiro atoms. The number of ether oxygens (including phenoxy) is 1. The van der Waals surface area contributed by atoms with Crippen molar-refractivity contribution >= 4 is 35.9 Å². The predicted molar refractivity (Wildman–Crippen MR) is 118 cm³/mol. The molecule has 1 atom stereocenters. The number of nitrogens with one attached hydrogen (secondary N) is 2. The first-order valence-electron chi connectivity index (χ1n) is 8.63.